The Labute approximate surface area is 202 Å². The van der Waals surface area contributed by atoms with Gasteiger partial charge in [0.15, 0.2) is 5.13 Å². The Morgan fingerprint density at radius 3 is 2.53 bits per heavy atom. The molecule has 0 saturated carbocycles. The number of rotatable bonds is 3. The Bertz CT molecular complexity index is 1300. The van der Waals surface area contributed by atoms with Crippen molar-refractivity contribution in [2.45, 2.75) is 51.7 Å². The molecule has 2 aliphatic rings. The largest absolute Gasteiger partial charge is 0.507 e. The first kappa shape index (κ1) is 22.3. The van der Waals surface area contributed by atoms with Gasteiger partial charge in [-0.05, 0) is 47.2 Å². The van der Waals surface area contributed by atoms with Crippen LogP contribution >= 0.6 is 11.3 Å². The monoisotopic (exact) mass is 474 g/mol. The molecule has 2 aromatic carbocycles. The Hall–Kier alpha value is -3.45. The van der Waals surface area contributed by atoms with Crippen LogP contribution in [0, 0.1) is 0 Å². The lowest BCUT2D eigenvalue weighted by Crippen LogP contribution is -2.29. The van der Waals surface area contributed by atoms with Gasteiger partial charge in [-0.15, -0.1) is 11.3 Å². The van der Waals surface area contributed by atoms with Crippen molar-refractivity contribution in [2.24, 2.45) is 0 Å². The second kappa shape index (κ2) is 8.09. The van der Waals surface area contributed by atoms with Crippen molar-refractivity contribution in [3.63, 3.8) is 0 Å². The van der Waals surface area contributed by atoms with Crippen LogP contribution in [0.25, 0.3) is 5.76 Å². The van der Waals surface area contributed by atoms with E-state index < -0.39 is 17.7 Å². The van der Waals surface area contributed by atoms with Crippen LogP contribution in [-0.2, 0) is 21.4 Å². The highest BCUT2D eigenvalue weighted by atomic mass is 32.1. The van der Waals surface area contributed by atoms with Gasteiger partial charge in [0.2, 0.25) is 0 Å². The summed E-state index contributed by atoms with van der Waals surface area (Å²) in [5.74, 6) is -0.825. The van der Waals surface area contributed by atoms with E-state index in [4.69, 9.17) is 4.74 Å². The highest BCUT2D eigenvalue weighted by Gasteiger charge is 2.48. The first-order valence-electron chi connectivity index (χ1n) is 11.3. The molecule has 0 bridgehead atoms. The van der Waals surface area contributed by atoms with Crippen LogP contribution in [0.5, 0.6) is 5.75 Å². The summed E-state index contributed by atoms with van der Waals surface area (Å²) in [4.78, 5) is 32.1. The lowest BCUT2D eigenvalue weighted by molar-refractivity contribution is -0.132. The molecule has 34 heavy (non-hydrogen) atoms. The summed E-state index contributed by atoms with van der Waals surface area (Å²) >= 11 is 1.28. The minimum Gasteiger partial charge on any atom is -0.507 e. The summed E-state index contributed by atoms with van der Waals surface area (Å²) in [5, 5.41) is 13.5. The van der Waals surface area contributed by atoms with E-state index in [1.165, 1.54) is 16.2 Å². The highest BCUT2D eigenvalue weighted by molar-refractivity contribution is 7.14. The first-order chi connectivity index (χ1) is 16.1. The molecular formula is C27H26N2O4S. The molecule has 3 aromatic rings. The van der Waals surface area contributed by atoms with Crippen molar-refractivity contribution in [2.75, 3.05) is 4.90 Å². The Morgan fingerprint density at radius 2 is 1.88 bits per heavy atom. The summed E-state index contributed by atoms with van der Waals surface area (Å²) in [5.41, 5.74) is 3.36. The number of thiazole rings is 1. The number of nitrogens with zero attached hydrogens (tertiary/aromatic N) is 2. The number of fused-ring (bicyclic) bond motifs is 1. The van der Waals surface area contributed by atoms with E-state index in [2.05, 4.69) is 25.8 Å². The van der Waals surface area contributed by atoms with Gasteiger partial charge < -0.3 is 9.84 Å². The van der Waals surface area contributed by atoms with Crippen molar-refractivity contribution in [1.29, 1.82) is 0 Å². The van der Waals surface area contributed by atoms with Gasteiger partial charge in [-0.25, -0.2) is 4.98 Å². The number of carbonyl (C=O) groups excluding carboxylic acids is 2. The molecular weight excluding hydrogens is 448 g/mol. The fourth-order valence-electron chi connectivity index (χ4n) is 4.57. The number of carbonyl (C=O) groups is 2. The third kappa shape index (κ3) is 3.70. The van der Waals surface area contributed by atoms with Gasteiger partial charge in [-0.3, -0.25) is 14.5 Å². The van der Waals surface area contributed by atoms with E-state index in [1.54, 1.807) is 23.7 Å². The van der Waals surface area contributed by atoms with Crippen LogP contribution in [0.15, 0.2) is 59.6 Å². The van der Waals surface area contributed by atoms with Crippen LogP contribution < -0.4 is 9.64 Å². The standard InChI is InChI=1S/C27H26N2O4S/c1-15-13-18-14-17(7-10-20(18)33-15)23(30)21-22(16-5-8-19(9-6-16)27(2,3)4)29(25(32)24(21)31)26-28-11-12-34-26/h5-12,14-15,22,30H,13H2,1-4H3/t15-,22-/m1/s1. The number of ether oxygens (including phenoxy) is 1. The number of hydrogen-bond donors (Lipinski definition) is 1. The summed E-state index contributed by atoms with van der Waals surface area (Å²) < 4.78 is 5.77. The maximum Gasteiger partial charge on any atom is 0.301 e. The fraction of sp³-hybridized carbons (Fsp3) is 0.296. The summed E-state index contributed by atoms with van der Waals surface area (Å²) in [6.07, 6.45) is 2.38. The molecule has 6 nitrogen and oxygen atoms in total. The molecule has 0 unspecified atom stereocenters. The lowest BCUT2D eigenvalue weighted by Gasteiger charge is -2.24. The van der Waals surface area contributed by atoms with Crippen LogP contribution in [0.4, 0.5) is 5.13 Å². The smallest absolute Gasteiger partial charge is 0.301 e. The molecule has 174 valence electrons. The van der Waals surface area contributed by atoms with Gasteiger partial charge in [0.05, 0.1) is 11.6 Å². The number of amides is 1. The van der Waals surface area contributed by atoms with Crippen molar-refractivity contribution >= 4 is 33.9 Å². The Kier molecular flexibility index (Phi) is 5.32. The van der Waals surface area contributed by atoms with Crippen LogP contribution in [-0.4, -0.2) is 27.9 Å². The Morgan fingerprint density at radius 1 is 1.15 bits per heavy atom. The van der Waals surface area contributed by atoms with Gasteiger partial charge in [-0.1, -0.05) is 45.0 Å². The Balaban J connectivity index is 1.66. The number of ketones is 1. The van der Waals surface area contributed by atoms with E-state index in [1.807, 2.05) is 37.3 Å². The molecule has 1 amide bonds. The fourth-order valence-corrected chi connectivity index (χ4v) is 5.24. The molecule has 1 fully saturated rings. The van der Waals surface area contributed by atoms with Crippen LogP contribution in [0.1, 0.15) is 56.0 Å². The normalized spacial score (nSPS) is 21.6. The topological polar surface area (TPSA) is 79.7 Å². The summed E-state index contributed by atoms with van der Waals surface area (Å²) in [6.45, 7) is 8.37. The minimum absolute atomic E-state index is 0.0424. The number of benzene rings is 2. The molecule has 1 N–H and O–H groups in total. The SMILES string of the molecule is C[C@@H]1Cc2cc(C(O)=C3C(=O)C(=O)N(c4nccs4)[C@@H]3c3ccc(C(C)(C)C)cc3)ccc2O1. The summed E-state index contributed by atoms with van der Waals surface area (Å²) in [7, 11) is 0. The average Bonchev–Trinajstić information content (AvgIpc) is 3.50. The molecule has 0 spiro atoms. The van der Waals surface area contributed by atoms with Gasteiger partial charge in [0.1, 0.15) is 17.6 Å². The molecule has 5 rings (SSSR count). The minimum atomic E-state index is -0.774. The molecule has 3 heterocycles. The highest BCUT2D eigenvalue weighted by Crippen LogP contribution is 2.43. The zero-order chi connectivity index (χ0) is 24.2. The van der Waals surface area contributed by atoms with Gasteiger partial charge in [0, 0.05) is 23.6 Å². The second-order valence-electron chi connectivity index (χ2n) is 9.81. The van der Waals surface area contributed by atoms with Crippen LogP contribution in [0.2, 0.25) is 0 Å². The molecule has 1 saturated heterocycles. The maximum absolute atomic E-state index is 13.3. The second-order valence-corrected chi connectivity index (χ2v) is 10.7. The molecule has 2 aliphatic heterocycles. The number of aromatic nitrogens is 1. The maximum atomic E-state index is 13.3. The molecule has 0 aliphatic carbocycles. The van der Waals surface area contributed by atoms with E-state index in [0.717, 1.165) is 28.9 Å². The van der Waals surface area contributed by atoms with Crippen molar-refractivity contribution in [1.82, 2.24) is 4.98 Å². The summed E-state index contributed by atoms with van der Waals surface area (Å²) in [6, 6.07) is 12.4. The zero-order valence-electron chi connectivity index (χ0n) is 19.5. The van der Waals surface area contributed by atoms with Crippen LogP contribution in [0.3, 0.4) is 0 Å². The first-order valence-corrected chi connectivity index (χ1v) is 12.1. The predicted octanol–water partition coefficient (Wildman–Crippen LogP) is 5.39. The zero-order valence-corrected chi connectivity index (χ0v) is 20.3. The number of aliphatic hydroxyl groups excluding tert-OH is 1. The molecule has 1 aromatic heterocycles. The number of hydrogen-bond acceptors (Lipinski definition) is 6. The van der Waals surface area contributed by atoms with E-state index in [9.17, 15) is 14.7 Å². The number of anilines is 1. The lowest BCUT2D eigenvalue weighted by atomic mass is 9.85. The predicted molar refractivity (Wildman–Crippen MR) is 132 cm³/mol. The number of aliphatic hydroxyl groups is 1. The molecule has 2 atom stereocenters. The van der Waals surface area contributed by atoms with Crippen molar-refractivity contribution in [3.8, 4) is 5.75 Å². The molecule has 0 radical (unpaired) electrons. The third-order valence-electron chi connectivity index (χ3n) is 6.33. The third-order valence-corrected chi connectivity index (χ3v) is 7.10. The van der Waals surface area contributed by atoms with Gasteiger partial charge >= 0.3 is 5.91 Å². The van der Waals surface area contributed by atoms with Gasteiger partial charge in [0.25, 0.3) is 5.78 Å². The van der Waals surface area contributed by atoms with Gasteiger partial charge in [-0.2, -0.15) is 0 Å². The number of Topliss-reactive ketones (excluding diaryl/α,β-unsaturated/α-hetero) is 1. The van der Waals surface area contributed by atoms with E-state index in [0.29, 0.717) is 10.7 Å². The van der Waals surface area contributed by atoms with E-state index >= 15 is 0 Å². The molecule has 7 heteroatoms. The van der Waals surface area contributed by atoms with Crippen molar-refractivity contribution < 1.29 is 19.4 Å². The van der Waals surface area contributed by atoms with Crippen molar-refractivity contribution in [3.05, 3.63) is 81.9 Å². The quantitative estimate of drug-likeness (QED) is 0.313. The average molecular weight is 475 g/mol. The van der Waals surface area contributed by atoms with E-state index in [-0.39, 0.29) is 22.9 Å².